The molecule has 0 aromatic heterocycles. The van der Waals surface area contributed by atoms with Crippen LogP contribution in [0.25, 0.3) is 0 Å². The van der Waals surface area contributed by atoms with Gasteiger partial charge in [0.15, 0.2) is 0 Å². The highest BCUT2D eigenvalue weighted by Crippen LogP contribution is 2.56. The predicted octanol–water partition coefficient (Wildman–Crippen LogP) is 4.11. The van der Waals surface area contributed by atoms with Crippen molar-refractivity contribution in [3.05, 3.63) is 42.0 Å². The Morgan fingerprint density at radius 3 is 2.54 bits per heavy atom. The Labute approximate surface area is 219 Å². The highest BCUT2D eigenvalue weighted by molar-refractivity contribution is 6.03. The van der Waals surface area contributed by atoms with Gasteiger partial charge in [-0.15, -0.1) is 0 Å². The van der Waals surface area contributed by atoms with Crippen LogP contribution >= 0.6 is 0 Å². The van der Waals surface area contributed by atoms with E-state index in [4.69, 9.17) is 4.74 Å². The maximum Gasteiger partial charge on any atom is 0.246 e. The molecule has 2 saturated carbocycles. The largest absolute Gasteiger partial charge is 0.359 e. The average Bonchev–Trinajstić information content (AvgIpc) is 3.53. The summed E-state index contributed by atoms with van der Waals surface area (Å²) in [6.07, 6.45) is 12.7. The van der Waals surface area contributed by atoms with Crippen molar-refractivity contribution in [1.82, 2.24) is 10.2 Å². The van der Waals surface area contributed by atoms with Gasteiger partial charge in [-0.25, -0.2) is 0 Å². The number of carbonyl (C=O) groups excluding carboxylic acids is 3. The fourth-order valence-corrected chi connectivity index (χ4v) is 7.70. The molecular formula is C30H39N3O4. The zero-order chi connectivity index (χ0) is 25.7. The van der Waals surface area contributed by atoms with E-state index in [0.29, 0.717) is 11.6 Å². The number of fused-ring (bicyclic) bond motifs is 1. The first-order valence-electron chi connectivity index (χ1n) is 14.3. The summed E-state index contributed by atoms with van der Waals surface area (Å²) in [4.78, 5) is 43.7. The molecule has 3 heterocycles. The number of ether oxygens (including phenoxy) is 1. The third-order valence-electron chi connectivity index (χ3n) is 9.56. The van der Waals surface area contributed by atoms with Crippen LogP contribution in [0.2, 0.25) is 0 Å². The van der Waals surface area contributed by atoms with Crippen LogP contribution in [0, 0.1) is 24.7 Å². The molecular weight excluding hydrogens is 466 g/mol. The van der Waals surface area contributed by atoms with Crippen LogP contribution in [0.15, 0.2) is 36.4 Å². The summed E-state index contributed by atoms with van der Waals surface area (Å²) in [5.74, 6) is -1.37. The van der Waals surface area contributed by atoms with E-state index in [1.807, 2.05) is 48.2 Å². The average molecular weight is 506 g/mol. The van der Waals surface area contributed by atoms with Gasteiger partial charge in [-0.3, -0.25) is 14.4 Å². The fourth-order valence-electron chi connectivity index (χ4n) is 7.70. The lowest BCUT2D eigenvalue weighted by molar-refractivity contribution is -0.145. The lowest BCUT2D eigenvalue weighted by Gasteiger charge is -2.40. The van der Waals surface area contributed by atoms with Gasteiger partial charge in [0.05, 0.1) is 17.9 Å². The van der Waals surface area contributed by atoms with E-state index in [1.165, 1.54) is 6.42 Å². The minimum atomic E-state index is -1.09. The number of benzene rings is 1. The molecule has 37 heavy (non-hydrogen) atoms. The zero-order valence-corrected chi connectivity index (χ0v) is 21.9. The molecule has 2 N–H and O–H groups in total. The molecule has 1 aromatic rings. The standard InChI is InChI=1S/C30H39N3O4/c1-18-9-8-11-20(17-18)31-27(34)24-23-15-16-30(37-23)25(24)29(36)33(21-12-4-3-5-13-21)26(30)28(35)32-22-14-7-6-10-19(22)2/h8-9,11,15-17,19,21-26H,3-7,10,12-14H2,1-2H3,(H,31,34)(H,32,35)/t19?,22?,23-,24?,25-,26?,30?/m1/s1. The van der Waals surface area contributed by atoms with E-state index in [1.54, 1.807) is 0 Å². The van der Waals surface area contributed by atoms with Gasteiger partial charge in [0, 0.05) is 17.8 Å². The third-order valence-corrected chi connectivity index (χ3v) is 9.56. The molecule has 2 aliphatic carbocycles. The number of rotatable bonds is 5. The third kappa shape index (κ3) is 4.10. The van der Waals surface area contributed by atoms with Gasteiger partial charge in [-0.1, -0.05) is 63.3 Å². The molecule has 4 fully saturated rings. The summed E-state index contributed by atoms with van der Waals surface area (Å²) >= 11 is 0. The number of nitrogens with zero attached hydrogens (tertiary/aromatic N) is 1. The Bertz CT molecular complexity index is 1110. The topological polar surface area (TPSA) is 87.7 Å². The smallest absolute Gasteiger partial charge is 0.246 e. The first kappa shape index (κ1) is 24.7. The van der Waals surface area contributed by atoms with E-state index in [-0.39, 0.29) is 29.8 Å². The molecule has 2 bridgehead atoms. The predicted molar refractivity (Wildman–Crippen MR) is 141 cm³/mol. The Hall–Kier alpha value is -2.67. The molecule has 1 aromatic carbocycles. The van der Waals surface area contributed by atoms with Crippen molar-refractivity contribution in [2.24, 2.45) is 17.8 Å². The highest BCUT2D eigenvalue weighted by atomic mass is 16.5. The SMILES string of the molecule is Cc1cccc(NC(=O)C2[C@H]3C=CC4(O3)C(C(=O)NC3CCCCC3C)N(C3CCCCC3)C(=O)[C@@H]24)c1. The van der Waals surface area contributed by atoms with Crippen molar-refractivity contribution >= 4 is 23.4 Å². The fraction of sp³-hybridized carbons (Fsp3) is 0.633. The Morgan fingerprint density at radius 1 is 1.03 bits per heavy atom. The second kappa shape index (κ2) is 9.57. The first-order valence-corrected chi connectivity index (χ1v) is 14.3. The molecule has 5 aliphatic rings. The number of hydrogen-bond donors (Lipinski definition) is 2. The van der Waals surface area contributed by atoms with Crippen molar-refractivity contribution in [3.8, 4) is 0 Å². The number of nitrogens with one attached hydrogen (secondary N) is 2. The molecule has 7 nitrogen and oxygen atoms in total. The number of likely N-dealkylation sites (tertiary alicyclic amines) is 1. The number of anilines is 1. The van der Waals surface area contributed by atoms with Crippen molar-refractivity contribution < 1.29 is 19.1 Å². The van der Waals surface area contributed by atoms with Crippen LogP contribution in [0.5, 0.6) is 0 Å². The van der Waals surface area contributed by atoms with Gasteiger partial charge in [-0.05, 0) is 56.2 Å². The molecule has 1 spiro atoms. The molecule has 2 saturated heterocycles. The summed E-state index contributed by atoms with van der Waals surface area (Å²) in [5, 5.41) is 6.36. The van der Waals surface area contributed by atoms with Gasteiger partial charge < -0.3 is 20.3 Å². The second-order valence-electron chi connectivity index (χ2n) is 12.0. The molecule has 5 unspecified atom stereocenters. The summed E-state index contributed by atoms with van der Waals surface area (Å²) < 4.78 is 6.53. The van der Waals surface area contributed by atoms with Crippen LogP contribution in [-0.4, -0.2) is 52.5 Å². The minimum Gasteiger partial charge on any atom is -0.359 e. The summed E-state index contributed by atoms with van der Waals surface area (Å²) in [7, 11) is 0. The number of hydrogen-bond acceptors (Lipinski definition) is 4. The Morgan fingerprint density at radius 2 is 1.78 bits per heavy atom. The summed E-state index contributed by atoms with van der Waals surface area (Å²) in [6.45, 7) is 4.18. The lowest BCUT2D eigenvalue weighted by atomic mass is 9.74. The maximum atomic E-state index is 14.2. The van der Waals surface area contributed by atoms with Crippen LogP contribution in [0.1, 0.15) is 70.3 Å². The minimum absolute atomic E-state index is 0.0114. The molecule has 0 radical (unpaired) electrons. The van der Waals surface area contributed by atoms with Gasteiger partial charge in [0.25, 0.3) is 0 Å². The summed E-state index contributed by atoms with van der Waals surface area (Å²) in [5.41, 5.74) is 0.670. The van der Waals surface area contributed by atoms with Crippen molar-refractivity contribution in [3.63, 3.8) is 0 Å². The number of carbonyl (C=O) groups is 3. The van der Waals surface area contributed by atoms with Gasteiger partial charge in [0.2, 0.25) is 17.7 Å². The molecule has 6 rings (SSSR count). The van der Waals surface area contributed by atoms with E-state index in [0.717, 1.165) is 56.9 Å². The van der Waals surface area contributed by atoms with Crippen molar-refractivity contribution in [2.45, 2.75) is 101 Å². The number of amides is 3. The summed E-state index contributed by atoms with van der Waals surface area (Å²) in [6, 6.07) is 7.05. The highest BCUT2D eigenvalue weighted by Gasteiger charge is 2.73. The lowest BCUT2D eigenvalue weighted by Crippen LogP contribution is -2.59. The monoisotopic (exact) mass is 505 g/mol. The molecule has 198 valence electrons. The maximum absolute atomic E-state index is 14.2. The zero-order valence-electron chi connectivity index (χ0n) is 21.9. The van der Waals surface area contributed by atoms with Crippen LogP contribution < -0.4 is 10.6 Å². The quantitative estimate of drug-likeness (QED) is 0.590. The van der Waals surface area contributed by atoms with Crippen molar-refractivity contribution in [1.29, 1.82) is 0 Å². The van der Waals surface area contributed by atoms with E-state index < -0.39 is 29.6 Å². The van der Waals surface area contributed by atoms with Gasteiger partial charge >= 0.3 is 0 Å². The van der Waals surface area contributed by atoms with Crippen LogP contribution in [0.3, 0.4) is 0 Å². The normalized spacial score (nSPS) is 37.0. The second-order valence-corrected chi connectivity index (χ2v) is 12.0. The number of aryl methyl sites for hydroxylation is 1. The Kier molecular flexibility index (Phi) is 6.38. The van der Waals surface area contributed by atoms with Crippen molar-refractivity contribution in [2.75, 3.05) is 5.32 Å². The van der Waals surface area contributed by atoms with E-state index >= 15 is 0 Å². The Balaban J connectivity index is 1.32. The molecule has 7 atom stereocenters. The molecule has 7 heteroatoms. The van der Waals surface area contributed by atoms with Gasteiger partial charge in [-0.2, -0.15) is 0 Å². The van der Waals surface area contributed by atoms with Gasteiger partial charge in [0.1, 0.15) is 11.6 Å². The molecule has 3 aliphatic heterocycles. The van der Waals surface area contributed by atoms with E-state index in [2.05, 4.69) is 17.6 Å². The van der Waals surface area contributed by atoms with Crippen LogP contribution in [0.4, 0.5) is 5.69 Å². The molecule has 3 amide bonds. The van der Waals surface area contributed by atoms with Crippen LogP contribution in [-0.2, 0) is 19.1 Å². The first-order chi connectivity index (χ1) is 17.9. The van der Waals surface area contributed by atoms with E-state index in [9.17, 15) is 14.4 Å².